The van der Waals surface area contributed by atoms with Crippen molar-refractivity contribution in [2.24, 2.45) is 0 Å². The fourth-order valence-electron chi connectivity index (χ4n) is 3.76. The second-order valence-electron chi connectivity index (χ2n) is 8.13. The van der Waals surface area contributed by atoms with Gasteiger partial charge in [-0.1, -0.05) is 30.2 Å². The van der Waals surface area contributed by atoms with Gasteiger partial charge in [0, 0.05) is 32.7 Å². The maximum atomic E-state index is 13.3. The number of carbonyl (C=O) groups is 2. The number of benzene rings is 1. The second-order valence-corrected chi connectivity index (χ2v) is 9.91. The van der Waals surface area contributed by atoms with Gasteiger partial charge in [0.05, 0.1) is 6.54 Å². The molecule has 0 aliphatic carbocycles. The molecule has 2 aromatic rings. The number of rotatable bonds is 13. The van der Waals surface area contributed by atoms with E-state index in [1.54, 1.807) is 7.05 Å². The normalized spacial score (nSPS) is 11.2. The first-order valence-corrected chi connectivity index (χ1v) is 13.0. The molecular formula is C24H33N4O5P. The molecule has 0 saturated carbocycles. The van der Waals surface area contributed by atoms with Crippen molar-refractivity contribution < 1.29 is 23.9 Å². The van der Waals surface area contributed by atoms with Crippen molar-refractivity contribution in [2.45, 2.75) is 46.1 Å². The predicted octanol–water partition coefficient (Wildman–Crippen LogP) is 2.62. The number of carbonyl (C=O) groups excluding carboxylic acids is 2. The number of hydrogen-bond acceptors (Lipinski definition) is 4. The van der Waals surface area contributed by atoms with Gasteiger partial charge >= 0.3 is 7.60 Å². The molecule has 1 aromatic carbocycles. The molecule has 9 nitrogen and oxygen atoms in total. The standard InChI is InChI=1S/C24H33N4O5P/c1-5-15-26(4)24(30)22-23(27(18-29)16-9-10-17-34(31,32)33)25-21(28(22)6-2)14-13-20-12-8-7-11-19(20)3/h1,7-8,11-12,18H,6,9-10,13-17H2,2-4H3,(H2,31,32,33). The Morgan fingerprint density at radius 2 is 1.97 bits per heavy atom. The number of terminal acetylenes is 1. The molecule has 2 rings (SSSR count). The maximum absolute atomic E-state index is 13.3. The van der Waals surface area contributed by atoms with Crippen LogP contribution in [0.25, 0.3) is 0 Å². The third-order valence-electron chi connectivity index (χ3n) is 5.60. The molecule has 1 heterocycles. The van der Waals surface area contributed by atoms with Crippen LogP contribution in [0.1, 0.15) is 47.2 Å². The van der Waals surface area contributed by atoms with E-state index in [1.807, 2.05) is 36.6 Å². The molecular weight excluding hydrogens is 455 g/mol. The second kappa shape index (κ2) is 12.5. The number of amides is 2. The van der Waals surface area contributed by atoms with Gasteiger partial charge in [-0.05, 0) is 44.2 Å². The summed E-state index contributed by atoms with van der Waals surface area (Å²) in [7, 11) is -2.51. The largest absolute Gasteiger partial charge is 0.329 e. The van der Waals surface area contributed by atoms with Crippen molar-refractivity contribution in [3.8, 4) is 12.3 Å². The Bertz CT molecular complexity index is 1090. The van der Waals surface area contributed by atoms with Gasteiger partial charge in [-0.15, -0.1) is 6.42 Å². The number of unbranched alkanes of at least 4 members (excludes halogenated alkanes) is 1. The average Bonchev–Trinajstić information content (AvgIpc) is 3.15. The minimum absolute atomic E-state index is 0.106. The monoisotopic (exact) mass is 488 g/mol. The van der Waals surface area contributed by atoms with Crippen LogP contribution < -0.4 is 4.90 Å². The Hall–Kier alpha value is -2.92. The number of aromatic nitrogens is 2. The molecule has 0 saturated heterocycles. The lowest BCUT2D eigenvalue weighted by atomic mass is 10.0. The van der Waals surface area contributed by atoms with Crippen molar-refractivity contribution in [1.29, 1.82) is 0 Å². The molecule has 0 bridgehead atoms. The number of anilines is 1. The van der Waals surface area contributed by atoms with Crippen LogP contribution in [0.2, 0.25) is 0 Å². The zero-order chi connectivity index (χ0) is 25.3. The predicted molar refractivity (Wildman–Crippen MR) is 132 cm³/mol. The average molecular weight is 489 g/mol. The van der Waals surface area contributed by atoms with Crippen LogP contribution in [0.5, 0.6) is 0 Å². The van der Waals surface area contributed by atoms with Gasteiger partial charge in [0.2, 0.25) is 6.41 Å². The molecule has 10 heteroatoms. The van der Waals surface area contributed by atoms with Crippen LogP contribution in [-0.4, -0.2) is 62.9 Å². The first-order chi connectivity index (χ1) is 16.1. The van der Waals surface area contributed by atoms with Crippen molar-refractivity contribution in [1.82, 2.24) is 14.5 Å². The summed E-state index contributed by atoms with van der Waals surface area (Å²) >= 11 is 0. The first kappa shape index (κ1) is 27.3. The van der Waals surface area contributed by atoms with Crippen LogP contribution in [0, 0.1) is 19.3 Å². The van der Waals surface area contributed by atoms with E-state index < -0.39 is 7.60 Å². The lowest BCUT2D eigenvalue weighted by Gasteiger charge is -2.20. The molecule has 0 aliphatic rings. The van der Waals surface area contributed by atoms with Crippen molar-refractivity contribution in [3.05, 3.63) is 46.9 Å². The highest BCUT2D eigenvalue weighted by atomic mass is 31.2. The van der Waals surface area contributed by atoms with E-state index in [1.165, 1.54) is 20.9 Å². The Labute approximate surface area is 200 Å². The van der Waals surface area contributed by atoms with E-state index in [2.05, 4.69) is 12.0 Å². The Balaban J connectivity index is 2.40. The fraction of sp³-hybridized carbons (Fsp3) is 0.458. The third kappa shape index (κ3) is 7.29. The van der Waals surface area contributed by atoms with Crippen molar-refractivity contribution in [3.63, 3.8) is 0 Å². The first-order valence-electron chi connectivity index (χ1n) is 11.2. The van der Waals surface area contributed by atoms with E-state index in [4.69, 9.17) is 21.2 Å². The van der Waals surface area contributed by atoms with Gasteiger partial charge in [-0.3, -0.25) is 19.1 Å². The summed E-state index contributed by atoms with van der Waals surface area (Å²) in [5.74, 6) is 3.03. The van der Waals surface area contributed by atoms with Crippen LogP contribution in [0.15, 0.2) is 24.3 Å². The van der Waals surface area contributed by atoms with E-state index in [9.17, 15) is 14.2 Å². The Morgan fingerprint density at radius 3 is 2.56 bits per heavy atom. The van der Waals surface area contributed by atoms with Crippen LogP contribution in [0.3, 0.4) is 0 Å². The highest BCUT2D eigenvalue weighted by Gasteiger charge is 2.28. The highest BCUT2D eigenvalue weighted by Crippen LogP contribution is 2.35. The minimum atomic E-state index is -4.11. The Kier molecular flexibility index (Phi) is 10.1. The summed E-state index contributed by atoms with van der Waals surface area (Å²) in [5, 5.41) is 0. The number of aryl methyl sites for hydroxylation is 3. The van der Waals surface area contributed by atoms with E-state index >= 15 is 0 Å². The Morgan fingerprint density at radius 1 is 1.26 bits per heavy atom. The molecule has 0 radical (unpaired) electrons. The number of imidazole rings is 1. The van der Waals surface area contributed by atoms with Gasteiger partial charge in [-0.25, -0.2) is 4.98 Å². The van der Waals surface area contributed by atoms with E-state index in [0.717, 1.165) is 6.42 Å². The van der Waals surface area contributed by atoms with Crippen molar-refractivity contribution in [2.75, 3.05) is 31.2 Å². The molecule has 2 N–H and O–H groups in total. The maximum Gasteiger partial charge on any atom is 0.325 e. The molecule has 0 atom stereocenters. The zero-order valence-electron chi connectivity index (χ0n) is 20.0. The molecule has 184 valence electrons. The summed E-state index contributed by atoms with van der Waals surface area (Å²) in [5.41, 5.74) is 2.63. The topological polar surface area (TPSA) is 116 Å². The summed E-state index contributed by atoms with van der Waals surface area (Å²) in [6, 6.07) is 8.06. The number of hydrogen-bond donors (Lipinski definition) is 2. The van der Waals surface area contributed by atoms with Crippen LogP contribution >= 0.6 is 7.60 Å². The van der Waals surface area contributed by atoms with Gasteiger partial charge in [0.1, 0.15) is 5.82 Å². The van der Waals surface area contributed by atoms with Gasteiger partial charge in [0.15, 0.2) is 11.5 Å². The summed E-state index contributed by atoms with van der Waals surface area (Å²) in [4.78, 5) is 50.8. The van der Waals surface area contributed by atoms with Gasteiger partial charge < -0.3 is 19.3 Å². The molecule has 1 aromatic heterocycles. The molecule has 34 heavy (non-hydrogen) atoms. The molecule has 0 spiro atoms. The minimum Gasteiger partial charge on any atom is -0.329 e. The van der Waals surface area contributed by atoms with Gasteiger partial charge in [0.25, 0.3) is 5.91 Å². The zero-order valence-corrected chi connectivity index (χ0v) is 20.9. The van der Waals surface area contributed by atoms with Gasteiger partial charge in [-0.2, -0.15) is 0 Å². The number of nitrogens with zero attached hydrogens (tertiary/aromatic N) is 4. The summed E-state index contributed by atoms with van der Waals surface area (Å²) < 4.78 is 12.9. The van der Waals surface area contributed by atoms with Crippen LogP contribution in [0.4, 0.5) is 5.82 Å². The quantitative estimate of drug-likeness (QED) is 0.194. The molecule has 0 unspecified atom stereocenters. The lowest BCUT2D eigenvalue weighted by Crippen LogP contribution is -2.32. The summed E-state index contributed by atoms with van der Waals surface area (Å²) in [6.45, 7) is 4.72. The van der Waals surface area contributed by atoms with E-state index in [-0.39, 0.29) is 43.1 Å². The fourth-order valence-corrected chi connectivity index (χ4v) is 4.40. The molecule has 2 amide bonds. The van der Waals surface area contributed by atoms with Crippen LogP contribution in [-0.2, 0) is 28.7 Å². The third-order valence-corrected chi connectivity index (χ3v) is 6.50. The highest BCUT2D eigenvalue weighted by molar-refractivity contribution is 7.51. The molecule has 0 aliphatic heterocycles. The lowest BCUT2D eigenvalue weighted by molar-refractivity contribution is -0.107. The van der Waals surface area contributed by atoms with E-state index in [0.29, 0.717) is 31.6 Å². The summed E-state index contributed by atoms with van der Waals surface area (Å²) in [6.07, 6.45) is 7.62. The molecule has 0 fully saturated rings. The smallest absolute Gasteiger partial charge is 0.325 e. The SMILES string of the molecule is C#CCN(C)C(=O)c1c(N(C=O)CCCCP(=O)(O)O)nc(CCc2ccccc2C)n1CC. The van der Waals surface area contributed by atoms with Crippen molar-refractivity contribution >= 4 is 25.7 Å².